The van der Waals surface area contributed by atoms with Crippen LogP contribution in [0.3, 0.4) is 0 Å². The molecule has 0 bridgehead atoms. The first-order valence-electron chi connectivity index (χ1n) is 30.2. The van der Waals surface area contributed by atoms with Crippen molar-refractivity contribution >= 4 is 11.1 Å². The SMILES string of the molecule is CCCCC[C@H]1CC[C@H](CCc2ccc(C(=CCOCC=C(c3ccc(CC[C@H]4CC[C@H](CCCCC)CC4)cc3)[C@H]3CC[C@H](CCCCC)CC3)[C@H]3CC[C@H](CCCCC)CC3)cc2)CC1. The molecular weight excluding hydrogens is 809 g/mol. The fourth-order valence-corrected chi connectivity index (χ4v) is 13.7. The van der Waals surface area contributed by atoms with Crippen molar-refractivity contribution in [3.8, 4) is 0 Å². The molecule has 0 N–H and O–H groups in total. The van der Waals surface area contributed by atoms with Crippen molar-refractivity contribution in [1.82, 2.24) is 0 Å². The van der Waals surface area contributed by atoms with E-state index in [2.05, 4.69) is 88.4 Å². The van der Waals surface area contributed by atoms with Crippen molar-refractivity contribution < 1.29 is 4.74 Å². The van der Waals surface area contributed by atoms with Gasteiger partial charge in [0.05, 0.1) is 13.2 Å². The largest absolute Gasteiger partial charge is 0.373 e. The maximum atomic E-state index is 6.67. The molecule has 376 valence electrons. The third-order valence-electron chi connectivity index (χ3n) is 18.5. The normalized spacial score (nSPS) is 26.5. The van der Waals surface area contributed by atoms with Crippen LogP contribution in [0.1, 0.15) is 268 Å². The van der Waals surface area contributed by atoms with Gasteiger partial charge in [-0.15, -0.1) is 0 Å². The van der Waals surface area contributed by atoms with Gasteiger partial charge < -0.3 is 4.74 Å². The van der Waals surface area contributed by atoms with Gasteiger partial charge >= 0.3 is 0 Å². The van der Waals surface area contributed by atoms with E-state index in [0.717, 1.165) is 35.5 Å². The maximum Gasteiger partial charge on any atom is 0.0657 e. The molecule has 0 spiro atoms. The highest BCUT2D eigenvalue weighted by Gasteiger charge is 2.27. The number of hydrogen-bond acceptors (Lipinski definition) is 1. The highest BCUT2D eigenvalue weighted by atomic mass is 16.5. The molecule has 0 radical (unpaired) electrons. The standard InChI is InChI=1S/C66H106O/c1-5-9-13-17-53-21-25-57(26-22-53)29-31-59-37-45-63(46-38-59)65(61-41-33-55(34-42-61)19-15-11-7-3)49-51-67-52-50-66(62-43-35-56(36-44-62)20-16-12-8-4)64-47-39-60(40-48-64)32-30-58-27-23-54(24-28-58)18-14-10-6-2/h37-40,45-50,53-58,61-62H,5-36,41-44,51-52H2,1-4H3/t53-,54-,55-,56-,57-,58-,61-,62-. The van der Waals surface area contributed by atoms with E-state index in [-0.39, 0.29) is 0 Å². The van der Waals surface area contributed by atoms with Crippen LogP contribution >= 0.6 is 0 Å². The summed E-state index contributed by atoms with van der Waals surface area (Å²) in [5.41, 5.74) is 9.13. The quantitative estimate of drug-likeness (QED) is 0.0710. The van der Waals surface area contributed by atoms with Crippen LogP contribution < -0.4 is 0 Å². The molecule has 67 heavy (non-hydrogen) atoms. The van der Waals surface area contributed by atoms with Gasteiger partial charge in [-0.25, -0.2) is 0 Å². The maximum absolute atomic E-state index is 6.67. The van der Waals surface area contributed by atoms with Crippen LogP contribution in [0.5, 0.6) is 0 Å². The minimum Gasteiger partial charge on any atom is -0.373 e. The molecule has 0 unspecified atom stereocenters. The van der Waals surface area contributed by atoms with E-state index in [1.54, 1.807) is 22.3 Å². The molecule has 0 aromatic heterocycles. The molecule has 4 aliphatic rings. The van der Waals surface area contributed by atoms with E-state index in [1.165, 1.54) is 242 Å². The van der Waals surface area contributed by atoms with Gasteiger partial charge in [-0.05, 0) is 158 Å². The molecule has 4 fully saturated rings. The summed E-state index contributed by atoms with van der Waals surface area (Å²) in [6, 6.07) is 19.9. The first-order valence-corrected chi connectivity index (χ1v) is 30.2. The van der Waals surface area contributed by atoms with Crippen LogP contribution in [0, 0.1) is 47.3 Å². The number of ether oxygens (including phenoxy) is 1. The van der Waals surface area contributed by atoms with E-state index >= 15 is 0 Å². The molecule has 6 rings (SSSR count). The number of allylic oxidation sites excluding steroid dienone is 2. The van der Waals surface area contributed by atoms with Crippen molar-refractivity contribution in [1.29, 1.82) is 0 Å². The summed E-state index contributed by atoms with van der Waals surface area (Å²) in [7, 11) is 0. The van der Waals surface area contributed by atoms with E-state index in [9.17, 15) is 0 Å². The number of aryl methyl sites for hydroxylation is 2. The molecule has 0 saturated heterocycles. The van der Waals surface area contributed by atoms with Crippen molar-refractivity contribution in [2.45, 2.75) is 259 Å². The Kier molecular flexibility index (Phi) is 25.9. The first kappa shape index (κ1) is 54.2. The molecule has 2 aromatic carbocycles. The lowest BCUT2D eigenvalue weighted by atomic mass is 9.75. The van der Waals surface area contributed by atoms with Crippen molar-refractivity contribution in [3.05, 3.63) is 82.9 Å². The molecule has 1 nitrogen and oxygen atoms in total. The average molecular weight is 916 g/mol. The van der Waals surface area contributed by atoms with Crippen LogP contribution in [0.2, 0.25) is 0 Å². The summed E-state index contributed by atoms with van der Waals surface area (Å²) in [5, 5.41) is 0. The zero-order chi connectivity index (χ0) is 46.7. The van der Waals surface area contributed by atoms with E-state index in [0.29, 0.717) is 25.0 Å². The minimum atomic E-state index is 0.659. The van der Waals surface area contributed by atoms with Gasteiger partial charge in [0, 0.05) is 0 Å². The third kappa shape index (κ3) is 19.5. The second-order valence-electron chi connectivity index (χ2n) is 23.5. The lowest BCUT2D eigenvalue weighted by Gasteiger charge is -2.31. The topological polar surface area (TPSA) is 9.23 Å². The van der Waals surface area contributed by atoms with Gasteiger partial charge in [-0.3, -0.25) is 0 Å². The van der Waals surface area contributed by atoms with Gasteiger partial charge in [0.25, 0.3) is 0 Å². The Morgan fingerprint density at radius 3 is 0.910 bits per heavy atom. The Labute approximate surface area is 416 Å². The predicted octanol–water partition coefficient (Wildman–Crippen LogP) is 20.6. The summed E-state index contributed by atoms with van der Waals surface area (Å²) >= 11 is 0. The zero-order valence-electron chi connectivity index (χ0n) is 44.7. The molecule has 0 atom stereocenters. The predicted molar refractivity (Wildman–Crippen MR) is 295 cm³/mol. The Morgan fingerprint density at radius 2 is 0.627 bits per heavy atom. The smallest absolute Gasteiger partial charge is 0.0657 e. The van der Waals surface area contributed by atoms with Gasteiger partial charge in [0.15, 0.2) is 0 Å². The Bertz CT molecular complexity index is 1470. The molecular formula is C66H106O. The highest BCUT2D eigenvalue weighted by Crippen LogP contribution is 2.42. The highest BCUT2D eigenvalue weighted by molar-refractivity contribution is 5.69. The molecule has 2 aromatic rings. The Morgan fingerprint density at radius 1 is 0.358 bits per heavy atom. The molecule has 0 aliphatic heterocycles. The molecule has 0 heterocycles. The Hall–Kier alpha value is -2.12. The lowest BCUT2D eigenvalue weighted by molar-refractivity contribution is 0.193. The van der Waals surface area contributed by atoms with E-state index in [4.69, 9.17) is 4.74 Å². The summed E-state index contributed by atoms with van der Waals surface area (Å²) in [6.45, 7) is 10.8. The molecule has 0 amide bonds. The third-order valence-corrected chi connectivity index (χ3v) is 18.5. The molecule has 4 aliphatic carbocycles. The summed E-state index contributed by atoms with van der Waals surface area (Å²) in [5.74, 6) is 7.08. The van der Waals surface area contributed by atoms with Crippen LogP contribution in [0.15, 0.2) is 60.7 Å². The number of unbranched alkanes of at least 4 members (excludes halogenated alkanes) is 8. The number of hydrogen-bond donors (Lipinski definition) is 0. The monoisotopic (exact) mass is 915 g/mol. The first-order chi connectivity index (χ1) is 33.0. The average Bonchev–Trinajstić information content (AvgIpc) is 3.37. The molecule has 1 heteroatoms. The second-order valence-corrected chi connectivity index (χ2v) is 23.5. The van der Waals surface area contributed by atoms with E-state index in [1.807, 2.05) is 0 Å². The zero-order valence-corrected chi connectivity index (χ0v) is 44.7. The van der Waals surface area contributed by atoms with Crippen LogP contribution in [0.25, 0.3) is 11.1 Å². The Balaban J connectivity index is 1.06. The van der Waals surface area contributed by atoms with Gasteiger partial charge in [0.1, 0.15) is 0 Å². The van der Waals surface area contributed by atoms with Crippen LogP contribution in [-0.2, 0) is 17.6 Å². The number of benzene rings is 2. The van der Waals surface area contributed by atoms with Gasteiger partial charge in [0.2, 0.25) is 0 Å². The lowest BCUT2D eigenvalue weighted by Crippen LogP contribution is -2.17. The van der Waals surface area contributed by atoms with Crippen molar-refractivity contribution in [3.63, 3.8) is 0 Å². The minimum absolute atomic E-state index is 0.659. The van der Waals surface area contributed by atoms with Crippen LogP contribution in [-0.4, -0.2) is 13.2 Å². The second kappa shape index (κ2) is 32.0. The fraction of sp³-hybridized carbons (Fsp3) is 0.758. The number of rotatable bonds is 30. The summed E-state index contributed by atoms with van der Waals surface area (Å²) in [6.07, 6.45) is 55.6. The summed E-state index contributed by atoms with van der Waals surface area (Å²) in [4.78, 5) is 0. The fourth-order valence-electron chi connectivity index (χ4n) is 13.7. The molecule has 4 saturated carbocycles. The van der Waals surface area contributed by atoms with Crippen molar-refractivity contribution in [2.75, 3.05) is 13.2 Å². The van der Waals surface area contributed by atoms with Gasteiger partial charge in [-0.1, -0.05) is 242 Å². The van der Waals surface area contributed by atoms with Crippen LogP contribution in [0.4, 0.5) is 0 Å². The van der Waals surface area contributed by atoms with E-state index < -0.39 is 0 Å². The van der Waals surface area contributed by atoms with Gasteiger partial charge in [-0.2, -0.15) is 0 Å². The summed E-state index contributed by atoms with van der Waals surface area (Å²) < 4.78 is 6.67. The van der Waals surface area contributed by atoms with Crippen molar-refractivity contribution in [2.24, 2.45) is 47.3 Å².